The predicted octanol–water partition coefficient (Wildman–Crippen LogP) is -0.0468. The van der Waals surface area contributed by atoms with Crippen LogP contribution >= 0.6 is 0 Å². The molecule has 0 aliphatic carbocycles. The molecule has 1 atom stereocenters. The molecule has 1 N–H and O–H groups in total. The average molecular weight is 278 g/mol. The molecule has 0 bridgehead atoms. The molecule has 0 aromatic rings. The van der Waals surface area contributed by atoms with Crippen LogP contribution in [0, 0.1) is 0 Å². The van der Waals surface area contributed by atoms with Crippen molar-refractivity contribution < 1.29 is 17.9 Å². The molecule has 1 saturated heterocycles. The van der Waals surface area contributed by atoms with Crippen LogP contribution in [-0.4, -0.2) is 57.7 Å². The van der Waals surface area contributed by atoms with E-state index in [1.54, 1.807) is 7.11 Å². The molecule has 0 aromatic heterocycles. The van der Waals surface area contributed by atoms with Crippen LogP contribution in [0.1, 0.15) is 25.7 Å². The molecule has 1 aliphatic heterocycles. The van der Waals surface area contributed by atoms with Crippen LogP contribution in [0.5, 0.6) is 0 Å². The summed E-state index contributed by atoms with van der Waals surface area (Å²) in [6.45, 7) is 1.54. The molecule has 0 radical (unpaired) electrons. The first-order valence-corrected chi connectivity index (χ1v) is 8.05. The van der Waals surface area contributed by atoms with Crippen molar-refractivity contribution in [3.63, 3.8) is 0 Å². The lowest BCUT2D eigenvalue weighted by molar-refractivity contribution is -0.125. The first-order chi connectivity index (χ1) is 8.46. The van der Waals surface area contributed by atoms with Crippen LogP contribution in [-0.2, 0) is 19.6 Å². The number of carbonyl (C=O) groups is 1. The standard InChI is InChI=1S/C11H22N2O4S/c1-17-9-5-7-12-11(14)10-6-3-4-8-13(10)18(2,15)16/h10H,3-9H2,1-2H3,(H,12,14)/t10-/m0/s1. The lowest BCUT2D eigenvalue weighted by atomic mass is 10.0. The molecule has 0 spiro atoms. The highest BCUT2D eigenvalue weighted by molar-refractivity contribution is 7.88. The number of methoxy groups -OCH3 is 1. The van der Waals surface area contributed by atoms with Crippen molar-refractivity contribution in [1.29, 1.82) is 0 Å². The van der Waals surface area contributed by atoms with Crippen LogP contribution < -0.4 is 5.32 Å². The number of amides is 1. The van der Waals surface area contributed by atoms with Crippen molar-refractivity contribution in [2.24, 2.45) is 0 Å². The second-order valence-corrected chi connectivity index (χ2v) is 6.46. The minimum Gasteiger partial charge on any atom is -0.385 e. The number of nitrogens with zero attached hydrogens (tertiary/aromatic N) is 1. The smallest absolute Gasteiger partial charge is 0.238 e. The van der Waals surface area contributed by atoms with Crippen LogP contribution in [0.4, 0.5) is 0 Å². The number of hydrogen-bond acceptors (Lipinski definition) is 4. The van der Waals surface area contributed by atoms with E-state index in [0.717, 1.165) is 25.5 Å². The molecule has 6 nitrogen and oxygen atoms in total. The summed E-state index contributed by atoms with van der Waals surface area (Å²) in [6, 6.07) is -0.545. The van der Waals surface area contributed by atoms with E-state index in [9.17, 15) is 13.2 Å². The monoisotopic (exact) mass is 278 g/mol. The fourth-order valence-electron chi connectivity index (χ4n) is 2.11. The van der Waals surface area contributed by atoms with Gasteiger partial charge in [0.1, 0.15) is 6.04 Å². The third kappa shape index (κ3) is 4.55. The number of piperidine rings is 1. The second-order valence-electron chi connectivity index (χ2n) is 4.52. The summed E-state index contributed by atoms with van der Waals surface area (Å²) in [7, 11) is -1.70. The number of hydrogen-bond donors (Lipinski definition) is 1. The van der Waals surface area contributed by atoms with Crippen LogP contribution in [0.2, 0.25) is 0 Å². The van der Waals surface area contributed by atoms with Gasteiger partial charge in [-0.05, 0) is 19.3 Å². The van der Waals surface area contributed by atoms with Crippen molar-refractivity contribution in [3.8, 4) is 0 Å². The lowest BCUT2D eigenvalue weighted by Gasteiger charge is -2.32. The Hall–Kier alpha value is -0.660. The topological polar surface area (TPSA) is 75.7 Å². The Morgan fingerprint density at radius 3 is 2.78 bits per heavy atom. The maximum Gasteiger partial charge on any atom is 0.238 e. The zero-order valence-electron chi connectivity index (χ0n) is 11.0. The Morgan fingerprint density at radius 2 is 2.17 bits per heavy atom. The number of ether oxygens (including phenoxy) is 1. The fraction of sp³-hybridized carbons (Fsp3) is 0.909. The van der Waals surface area contributed by atoms with Crippen molar-refractivity contribution in [3.05, 3.63) is 0 Å². The van der Waals surface area contributed by atoms with Crippen LogP contribution in [0.15, 0.2) is 0 Å². The molecule has 0 aromatic carbocycles. The second kappa shape index (κ2) is 7.06. The van der Waals surface area contributed by atoms with Gasteiger partial charge in [0, 0.05) is 26.8 Å². The average Bonchev–Trinajstić information content (AvgIpc) is 2.33. The minimum atomic E-state index is -3.31. The summed E-state index contributed by atoms with van der Waals surface area (Å²) in [6.07, 6.45) is 4.20. The van der Waals surface area contributed by atoms with Crippen LogP contribution in [0.25, 0.3) is 0 Å². The molecule has 0 unspecified atom stereocenters. The highest BCUT2D eigenvalue weighted by Crippen LogP contribution is 2.19. The van der Waals surface area contributed by atoms with Gasteiger partial charge in [-0.1, -0.05) is 6.42 Å². The molecular formula is C11H22N2O4S. The molecule has 0 saturated carbocycles. The number of carbonyl (C=O) groups excluding carboxylic acids is 1. The zero-order chi connectivity index (χ0) is 13.6. The highest BCUT2D eigenvalue weighted by Gasteiger charge is 2.33. The van der Waals surface area contributed by atoms with E-state index in [1.807, 2.05) is 0 Å². The van der Waals surface area contributed by atoms with Crippen molar-refractivity contribution in [1.82, 2.24) is 9.62 Å². The van der Waals surface area contributed by atoms with Gasteiger partial charge in [0.25, 0.3) is 0 Å². The molecule has 106 valence electrons. The number of nitrogens with one attached hydrogen (secondary N) is 1. The number of sulfonamides is 1. The first-order valence-electron chi connectivity index (χ1n) is 6.20. The summed E-state index contributed by atoms with van der Waals surface area (Å²) in [5, 5.41) is 2.76. The van der Waals surface area contributed by atoms with E-state index in [4.69, 9.17) is 4.74 Å². The van der Waals surface area contributed by atoms with Gasteiger partial charge in [0.05, 0.1) is 6.26 Å². The Labute approximate surface area is 109 Å². The van der Waals surface area contributed by atoms with Gasteiger partial charge in [-0.2, -0.15) is 4.31 Å². The summed E-state index contributed by atoms with van der Waals surface area (Å²) in [5.74, 6) is -0.198. The fourth-order valence-corrected chi connectivity index (χ4v) is 3.23. The molecule has 7 heteroatoms. The van der Waals surface area contributed by atoms with Gasteiger partial charge in [0.2, 0.25) is 15.9 Å². The van der Waals surface area contributed by atoms with Gasteiger partial charge in [-0.25, -0.2) is 8.42 Å². The zero-order valence-corrected chi connectivity index (χ0v) is 11.8. The Bertz CT molecular complexity index is 369. The summed E-state index contributed by atoms with van der Waals surface area (Å²) in [5.41, 5.74) is 0. The third-order valence-corrected chi connectivity index (χ3v) is 4.30. The van der Waals surface area contributed by atoms with Gasteiger partial charge in [-0.3, -0.25) is 4.79 Å². The highest BCUT2D eigenvalue weighted by atomic mass is 32.2. The Balaban J connectivity index is 2.53. The van der Waals surface area contributed by atoms with Crippen molar-refractivity contribution >= 4 is 15.9 Å². The molecular weight excluding hydrogens is 256 g/mol. The normalized spacial score (nSPS) is 21.8. The van der Waals surface area contributed by atoms with Gasteiger partial charge < -0.3 is 10.1 Å². The van der Waals surface area contributed by atoms with Crippen LogP contribution in [0.3, 0.4) is 0 Å². The molecule has 1 aliphatic rings. The van der Waals surface area contributed by atoms with E-state index >= 15 is 0 Å². The third-order valence-electron chi connectivity index (χ3n) is 3.01. The summed E-state index contributed by atoms with van der Waals surface area (Å²) < 4.78 is 29.4. The largest absolute Gasteiger partial charge is 0.385 e. The van der Waals surface area contributed by atoms with Crippen molar-refractivity contribution in [2.75, 3.05) is 33.1 Å². The SMILES string of the molecule is COCCCNC(=O)[C@@H]1CCCCN1S(C)(=O)=O. The van der Waals surface area contributed by atoms with E-state index in [2.05, 4.69) is 5.32 Å². The van der Waals surface area contributed by atoms with E-state index < -0.39 is 16.1 Å². The maximum absolute atomic E-state index is 12.0. The predicted molar refractivity (Wildman–Crippen MR) is 68.7 cm³/mol. The van der Waals surface area contributed by atoms with Crippen molar-refractivity contribution in [2.45, 2.75) is 31.7 Å². The first kappa shape index (κ1) is 15.4. The summed E-state index contributed by atoms with van der Waals surface area (Å²) >= 11 is 0. The minimum absolute atomic E-state index is 0.198. The summed E-state index contributed by atoms with van der Waals surface area (Å²) in [4.78, 5) is 12.0. The van der Waals surface area contributed by atoms with E-state index in [0.29, 0.717) is 26.1 Å². The van der Waals surface area contributed by atoms with Gasteiger partial charge in [-0.15, -0.1) is 0 Å². The molecule has 1 amide bonds. The van der Waals surface area contributed by atoms with Gasteiger partial charge in [0.15, 0.2) is 0 Å². The number of rotatable bonds is 6. The van der Waals surface area contributed by atoms with Gasteiger partial charge >= 0.3 is 0 Å². The molecule has 1 fully saturated rings. The molecule has 1 heterocycles. The Kier molecular flexibility index (Phi) is 6.04. The van der Waals surface area contributed by atoms with E-state index in [-0.39, 0.29) is 5.91 Å². The molecule has 18 heavy (non-hydrogen) atoms. The molecule has 1 rings (SSSR count). The lowest BCUT2D eigenvalue weighted by Crippen LogP contribution is -2.51. The maximum atomic E-state index is 12.0. The quantitative estimate of drug-likeness (QED) is 0.691. The van der Waals surface area contributed by atoms with E-state index in [1.165, 1.54) is 4.31 Å². The Morgan fingerprint density at radius 1 is 1.44 bits per heavy atom.